The summed E-state index contributed by atoms with van der Waals surface area (Å²) < 4.78 is 27.1. The van der Waals surface area contributed by atoms with Gasteiger partial charge < -0.3 is 5.73 Å². The van der Waals surface area contributed by atoms with Crippen LogP contribution < -0.4 is 10.5 Å². The van der Waals surface area contributed by atoms with Gasteiger partial charge in [-0.3, -0.25) is 0 Å². The predicted molar refractivity (Wildman–Crippen MR) is 76.0 cm³/mol. The van der Waals surface area contributed by atoms with E-state index in [1.807, 2.05) is 6.92 Å². The van der Waals surface area contributed by atoms with E-state index >= 15 is 0 Å². The molecule has 0 spiro atoms. The molecule has 3 N–H and O–H groups in total. The zero-order valence-corrected chi connectivity index (χ0v) is 13.0. The number of thiophene rings is 1. The zero-order chi connectivity index (χ0) is 14.0. The highest BCUT2D eigenvalue weighted by Crippen LogP contribution is 2.25. The fraction of sp³-hybridized carbons (Fsp3) is 0.667. The molecule has 0 fully saturated rings. The molecule has 0 aliphatic rings. The van der Waals surface area contributed by atoms with Crippen molar-refractivity contribution in [2.24, 2.45) is 17.1 Å². The molecule has 18 heavy (non-hydrogen) atoms. The molecule has 1 aromatic rings. The lowest BCUT2D eigenvalue weighted by Gasteiger charge is -2.27. The van der Waals surface area contributed by atoms with Crippen LogP contribution in [0.4, 0.5) is 0 Å². The molecule has 1 atom stereocenters. The Bertz CT molecular complexity index is 486. The molecule has 0 aliphatic heterocycles. The SMILES string of the molecule is CC(CNS(=O)(=O)c1cc(CN)cs1)C(C)(C)C. The van der Waals surface area contributed by atoms with Crippen LogP contribution in [0.3, 0.4) is 0 Å². The van der Waals surface area contributed by atoms with Crippen molar-refractivity contribution < 1.29 is 8.42 Å². The minimum atomic E-state index is -3.39. The van der Waals surface area contributed by atoms with E-state index in [0.29, 0.717) is 17.3 Å². The van der Waals surface area contributed by atoms with Gasteiger partial charge in [0.15, 0.2) is 0 Å². The maximum absolute atomic E-state index is 12.1. The summed E-state index contributed by atoms with van der Waals surface area (Å²) in [5.41, 5.74) is 6.41. The molecule has 0 saturated carbocycles. The maximum atomic E-state index is 12.1. The lowest BCUT2D eigenvalue weighted by molar-refractivity contribution is 0.263. The molecule has 6 heteroatoms. The summed E-state index contributed by atoms with van der Waals surface area (Å²) >= 11 is 1.21. The molecule has 4 nitrogen and oxygen atoms in total. The summed E-state index contributed by atoms with van der Waals surface area (Å²) in [5.74, 6) is 0.265. The van der Waals surface area contributed by atoms with Gasteiger partial charge in [0.05, 0.1) is 0 Å². The first-order valence-corrected chi connectivity index (χ1v) is 8.30. The van der Waals surface area contributed by atoms with Gasteiger partial charge in [-0.2, -0.15) is 0 Å². The van der Waals surface area contributed by atoms with Crippen molar-refractivity contribution >= 4 is 21.4 Å². The zero-order valence-electron chi connectivity index (χ0n) is 11.4. The highest BCUT2D eigenvalue weighted by molar-refractivity contribution is 7.91. The largest absolute Gasteiger partial charge is 0.326 e. The van der Waals surface area contributed by atoms with Crippen molar-refractivity contribution in [1.82, 2.24) is 4.72 Å². The lowest BCUT2D eigenvalue weighted by Crippen LogP contribution is -2.33. The van der Waals surface area contributed by atoms with Crippen LogP contribution >= 0.6 is 11.3 Å². The van der Waals surface area contributed by atoms with E-state index in [1.165, 1.54) is 11.3 Å². The maximum Gasteiger partial charge on any atom is 0.250 e. The molecular formula is C12H22N2O2S2. The van der Waals surface area contributed by atoms with Gasteiger partial charge in [0, 0.05) is 13.1 Å². The summed E-state index contributed by atoms with van der Waals surface area (Å²) in [6.07, 6.45) is 0. The quantitative estimate of drug-likeness (QED) is 0.873. The first kappa shape index (κ1) is 15.6. The van der Waals surface area contributed by atoms with E-state index in [1.54, 1.807) is 11.4 Å². The van der Waals surface area contributed by atoms with Crippen LogP contribution in [0.2, 0.25) is 0 Å². The number of nitrogens with two attached hydrogens (primary N) is 1. The number of hydrogen-bond donors (Lipinski definition) is 2. The monoisotopic (exact) mass is 290 g/mol. The third kappa shape index (κ3) is 4.05. The summed E-state index contributed by atoms with van der Waals surface area (Å²) in [4.78, 5) is 0. The van der Waals surface area contributed by atoms with Crippen molar-refractivity contribution in [2.45, 2.75) is 38.4 Å². The van der Waals surface area contributed by atoms with Crippen molar-refractivity contribution in [3.63, 3.8) is 0 Å². The van der Waals surface area contributed by atoms with Crippen LogP contribution in [-0.2, 0) is 16.6 Å². The van der Waals surface area contributed by atoms with E-state index < -0.39 is 10.0 Å². The molecule has 0 bridgehead atoms. The molecule has 0 saturated heterocycles. The Labute approximate surface area is 114 Å². The van der Waals surface area contributed by atoms with E-state index in [-0.39, 0.29) is 11.3 Å². The molecule has 0 amide bonds. The lowest BCUT2D eigenvalue weighted by atomic mass is 9.82. The second kappa shape index (κ2) is 5.69. The first-order chi connectivity index (χ1) is 8.16. The van der Waals surface area contributed by atoms with Crippen molar-refractivity contribution in [3.05, 3.63) is 17.0 Å². The smallest absolute Gasteiger partial charge is 0.250 e. The van der Waals surface area contributed by atoms with Crippen molar-refractivity contribution in [1.29, 1.82) is 0 Å². The van der Waals surface area contributed by atoms with Crippen molar-refractivity contribution in [3.8, 4) is 0 Å². The Kier molecular flexibility index (Phi) is 4.94. The van der Waals surface area contributed by atoms with E-state index in [0.717, 1.165) is 5.56 Å². The minimum absolute atomic E-state index is 0.0837. The van der Waals surface area contributed by atoms with Gasteiger partial charge in [0.1, 0.15) is 4.21 Å². The number of sulfonamides is 1. The molecule has 0 aliphatic carbocycles. The normalized spacial score (nSPS) is 14.7. The van der Waals surface area contributed by atoms with Crippen molar-refractivity contribution in [2.75, 3.05) is 6.54 Å². The van der Waals surface area contributed by atoms with Crippen LogP contribution in [0, 0.1) is 11.3 Å². The van der Waals surface area contributed by atoms with Gasteiger partial charge in [-0.05, 0) is 28.3 Å². The third-order valence-electron chi connectivity index (χ3n) is 3.19. The Hall–Kier alpha value is -0.430. The van der Waals surface area contributed by atoms with E-state index in [4.69, 9.17) is 5.73 Å². The fourth-order valence-corrected chi connectivity index (χ4v) is 3.61. The molecule has 104 valence electrons. The molecule has 1 heterocycles. The number of rotatable bonds is 5. The standard InChI is InChI=1S/C12H22N2O2S2/c1-9(12(2,3)4)7-14-18(15,16)11-5-10(6-13)8-17-11/h5,8-9,14H,6-7,13H2,1-4H3. The number of hydrogen-bond acceptors (Lipinski definition) is 4. The second-order valence-corrected chi connectivity index (χ2v) is 8.50. The molecule has 1 aromatic heterocycles. The average molecular weight is 290 g/mol. The Morgan fingerprint density at radius 2 is 2.06 bits per heavy atom. The van der Waals surface area contributed by atoms with E-state index in [9.17, 15) is 8.42 Å². The summed E-state index contributed by atoms with van der Waals surface area (Å²) in [6, 6.07) is 1.63. The molecule has 0 radical (unpaired) electrons. The van der Waals surface area contributed by atoms with E-state index in [2.05, 4.69) is 25.5 Å². The molecule has 1 unspecified atom stereocenters. The van der Waals surface area contributed by atoms with Crippen LogP contribution in [0.15, 0.2) is 15.7 Å². The highest BCUT2D eigenvalue weighted by atomic mass is 32.2. The average Bonchev–Trinajstić information content (AvgIpc) is 2.73. The summed E-state index contributed by atoms with van der Waals surface area (Å²) in [7, 11) is -3.39. The molecular weight excluding hydrogens is 268 g/mol. The van der Waals surface area contributed by atoms with Gasteiger partial charge in [0.2, 0.25) is 10.0 Å². The van der Waals surface area contributed by atoms with Gasteiger partial charge in [-0.1, -0.05) is 27.7 Å². The van der Waals surface area contributed by atoms with Gasteiger partial charge >= 0.3 is 0 Å². The van der Waals surface area contributed by atoms with Gasteiger partial charge in [0.25, 0.3) is 0 Å². The summed E-state index contributed by atoms with van der Waals surface area (Å²) in [6.45, 7) is 9.16. The Morgan fingerprint density at radius 3 is 2.50 bits per heavy atom. The number of nitrogens with one attached hydrogen (secondary N) is 1. The first-order valence-electron chi connectivity index (χ1n) is 5.94. The second-order valence-electron chi connectivity index (χ2n) is 5.60. The Morgan fingerprint density at radius 1 is 1.44 bits per heavy atom. The fourth-order valence-electron chi connectivity index (χ4n) is 1.21. The Balaban J connectivity index is 2.71. The van der Waals surface area contributed by atoms with Gasteiger partial charge in [-0.15, -0.1) is 11.3 Å². The minimum Gasteiger partial charge on any atom is -0.326 e. The topological polar surface area (TPSA) is 72.2 Å². The third-order valence-corrected chi connectivity index (χ3v) is 6.10. The molecule has 0 aromatic carbocycles. The molecule has 1 rings (SSSR count). The van der Waals surface area contributed by atoms with Gasteiger partial charge in [-0.25, -0.2) is 13.1 Å². The van der Waals surface area contributed by atoms with Crippen LogP contribution in [0.1, 0.15) is 33.3 Å². The highest BCUT2D eigenvalue weighted by Gasteiger charge is 2.23. The summed E-state index contributed by atoms with van der Waals surface area (Å²) in [5, 5.41) is 1.78. The van der Waals surface area contributed by atoms with Crippen LogP contribution in [0.5, 0.6) is 0 Å². The van der Waals surface area contributed by atoms with Crippen LogP contribution in [0.25, 0.3) is 0 Å². The van der Waals surface area contributed by atoms with Crippen LogP contribution in [-0.4, -0.2) is 15.0 Å². The predicted octanol–water partition coefficient (Wildman–Crippen LogP) is 2.17.